The Morgan fingerprint density at radius 1 is 1.33 bits per heavy atom. The van der Waals surface area contributed by atoms with Crippen LogP contribution in [-0.4, -0.2) is 29.1 Å². The number of piperidine rings is 1. The predicted molar refractivity (Wildman–Crippen MR) is 87.1 cm³/mol. The van der Waals surface area contributed by atoms with Gasteiger partial charge in [0.25, 0.3) is 0 Å². The summed E-state index contributed by atoms with van der Waals surface area (Å²) >= 11 is 1.31. The molecule has 1 heterocycles. The summed E-state index contributed by atoms with van der Waals surface area (Å²) in [5.74, 6) is 6.91. The fraction of sp³-hybridized carbons (Fsp3) is 0.471. The van der Waals surface area contributed by atoms with Crippen molar-refractivity contribution in [3.05, 3.63) is 35.4 Å². The summed E-state index contributed by atoms with van der Waals surface area (Å²) in [6.45, 7) is 3.28. The Balaban J connectivity index is 1.93. The first-order valence-corrected chi connectivity index (χ1v) is 8.25. The smallest absolute Gasteiger partial charge is 0.185 e. The molecule has 4 heteroatoms. The van der Waals surface area contributed by atoms with Crippen molar-refractivity contribution in [2.75, 3.05) is 18.8 Å². The van der Waals surface area contributed by atoms with Crippen molar-refractivity contribution in [1.82, 2.24) is 5.32 Å². The van der Waals surface area contributed by atoms with Crippen molar-refractivity contribution in [3.8, 4) is 11.8 Å². The van der Waals surface area contributed by atoms with E-state index in [-0.39, 0.29) is 5.12 Å². The summed E-state index contributed by atoms with van der Waals surface area (Å²) in [4.78, 5) is 10.8. The molecule has 0 atom stereocenters. The van der Waals surface area contributed by atoms with Gasteiger partial charge in [0, 0.05) is 24.7 Å². The first-order chi connectivity index (χ1) is 10.1. The van der Waals surface area contributed by atoms with Gasteiger partial charge in [-0.05, 0) is 43.6 Å². The second-order valence-electron chi connectivity index (χ2n) is 5.25. The quantitative estimate of drug-likeness (QED) is 0.664. The Kier molecular flexibility index (Phi) is 5.86. The van der Waals surface area contributed by atoms with Crippen LogP contribution in [0.2, 0.25) is 0 Å². The lowest BCUT2D eigenvalue weighted by Gasteiger charge is -2.33. The van der Waals surface area contributed by atoms with E-state index in [0.29, 0.717) is 6.42 Å². The molecule has 0 aromatic heterocycles. The highest BCUT2D eigenvalue weighted by atomic mass is 32.2. The minimum atomic E-state index is -0.699. The minimum Gasteiger partial charge on any atom is -0.385 e. The fourth-order valence-electron chi connectivity index (χ4n) is 2.40. The molecule has 0 radical (unpaired) electrons. The van der Waals surface area contributed by atoms with Crippen LogP contribution < -0.4 is 5.32 Å². The van der Waals surface area contributed by atoms with Crippen molar-refractivity contribution < 1.29 is 9.90 Å². The molecule has 2 rings (SSSR count). The van der Waals surface area contributed by atoms with Gasteiger partial charge in [-0.2, -0.15) is 0 Å². The molecule has 1 aromatic carbocycles. The molecule has 0 spiro atoms. The van der Waals surface area contributed by atoms with E-state index in [1.54, 1.807) is 6.92 Å². The molecule has 1 aromatic rings. The van der Waals surface area contributed by atoms with E-state index in [0.717, 1.165) is 42.8 Å². The van der Waals surface area contributed by atoms with E-state index in [1.165, 1.54) is 11.8 Å². The second kappa shape index (κ2) is 7.65. The van der Waals surface area contributed by atoms with Gasteiger partial charge in [0.15, 0.2) is 5.12 Å². The van der Waals surface area contributed by atoms with Gasteiger partial charge < -0.3 is 10.4 Å². The number of carbonyl (C=O) groups is 1. The van der Waals surface area contributed by atoms with Gasteiger partial charge in [0.1, 0.15) is 0 Å². The Hall–Kier alpha value is -1.28. The van der Waals surface area contributed by atoms with Crippen molar-refractivity contribution in [2.45, 2.75) is 31.8 Å². The maximum Gasteiger partial charge on any atom is 0.185 e. The number of nitrogens with one attached hydrogen (secondary N) is 1. The lowest BCUT2D eigenvalue weighted by Crippen LogP contribution is -2.39. The minimum absolute atomic E-state index is 0.136. The Morgan fingerprint density at radius 2 is 2.00 bits per heavy atom. The topological polar surface area (TPSA) is 49.3 Å². The third-order valence-electron chi connectivity index (χ3n) is 3.62. The van der Waals surface area contributed by atoms with E-state index in [9.17, 15) is 9.90 Å². The van der Waals surface area contributed by atoms with Crippen molar-refractivity contribution in [2.24, 2.45) is 0 Å². The van der Waals surface area contributed by atoms with Crippen LogP contribution in [0.1, 0.15) is 37.3 Å². The monoisotopic (exact) mass is 303 g/mol. The van der Waals surface area contributed by atoms with Crippen LogP contribution in [0.5, 0.6) is 0 Å². The van der Waals surface area contributed by atoms with Gasteiger partial charge in [-0.25, -0.2) is 0 Å². The molecule has 0 aliphatic carbocycles. The summed E-state index contributed by atoms with van der Waals surface area (Å²) in [5, 5.41) is 14.0. The molecule has 0 bridgehead atoms. The highest BCUT2D eigenvalue weighted by Gasteiger charge is 2.30. The number of rotatable bonds is 3. The molecule has 1 aliphatic rings. The molecule has 0 unspecified atom stereocenters. The molecule has 1 saturated heterocycles. The summed E-state index contributed by atoms with van der Waals surface area (Å²) in [6.07, 6.45) is 2.21. The molecule has 112 valence electrons. The maximum atomic E-state index is 10.8. The fourth-order valence-corrected chi connectivity index (χ4v) is 2.89. The molecule has 0 amide bonds. The Bertz CT molecular complexity index is 536. The Labute approximate surface area is 130 Å². The predicted octanol–water partition coefficient (Wildman–Crippen LogP) is 2.28. The van der Waals surface area contributed by atoms with Crippen LogP contribution >= 0.6 is 11.8 Å². The van der Waals surface area contributed by atoms with Crippen molar-refractivity contribution >= 4 is 16.9 Å². The first kappa shape index (κ1) is 16.1. The Morgan fingerprint density at radius 3 is 2.62 bits per heavy atom. The number of aliphatic hydroxyl groups is 1. The van der Waals surface area contributed by atoms with Gasteiger partial charge in [0.2, 0.25) is 0 Å². The zero-order valence-corrected chi connectivity index (χ0v) is 13.1. The second-order valence-corrected chi connectivity index (χ2v) is 6.52. The number of thioether (sulfide) groups is 1. The number of benzene rings is 1. The van der Waals surface area contributed by atoms with Gasteiger partial charge in [-0.15, -0.1) is 0 Å². The van der Waals surface area contributed by atoms with Crippen LogP contribution in [0.4, 0.5) is 0 Å². The van der Waals surface area contributed by atoms with E-state index < -0.39 is 5.60 Å². The highest BCUT2D eigenvalue weighted by molar-refractivity contribution is 8.13. The molecule has 1 fully saturated rings. The number of hydrogen-bond donors (Lipinski definition) is 2. The van der Waals surface area contributed by atoms with Crippen LogP contribution in [-0.2, 0) is 10.4 Å². The molecule has 2 N–H and O–H groups in total. The van der Waals surface area contributed by atoms with Crippen LogP contribution in [0.25, 0.3) is 0 Å². The molecule has 1 aliphatic heterocycles. The third kappa shape index (κ3) is 4.89. The maximum absolute atomic E-state index is 10.8. The summed E-state index contributed by atoms with van der Waals surface area (Å²) < 4.78 is 0. The van der Waals surface area contributed by atoms with Crippen LogP contribution in [0.15, 0.2) is 24.3 Å². The highest BCUT2D eigenvalue weighted by Crippen LogP contribution is 2.30. The van der Waals surface area contributed by atoms with Crippen LogP contribution in [0, 0.1) is 11.8 Å². The lowest BCUT2D eigenvalue weighted by atomic mass is 9.85. The van der Waals surface area contributed by atoms with Crippen LogP contribution in [0.3, 0.4) is 0 Å². The number of hydrogen-bond acceptors (Lipinski definition) is 4. The van der Waals surface area contributed by atoms with Gasteiger partial charge in [0.05, 0.1) is 5.60 Å². The average molecular weight is 303 g/mol. The molecular formula is C17H21NO2S. The summed E-state index contributed by atoms with van der Waals surface area (Å²) in [5.41, 5.74) is 1.22. The lowest BCUT2D eigenvalue weighted by molar-refractivity contribution is -0.109. The van der Waals surface area contributed by atoms with Crippen molar-refractivity contribution in [3.63, 3.8) is 0 Å². The number of carbonyl (C=O) groups excluding carboxylic acids is 1. The molecule has 0 saturated carbocycles. The normalized spacial score (nSPS) is 16.9. The largest absolute Gasteiger partial charge is 0.385 e. The summed E-state index contributed by atoms with van der Waals surface area (Å²) in [7, 11) is 0. The third-order valence-corrected chi connectivity index (χ3v) is 4.43. The van der Waals surface area contributed by atoms with E-state index >= 15 is 0 Å². The molecule has 21 heavy (non-hydrogen) atoms. The van der Waals surface area contributed by atoms with Gasteiger partial charge >= 0.3 is 0 Å². The zero-order chi connectivity index (χ0) is 15.1. The summed E-state index contributed by atoms with van der Waals surface area (Å²) in [6, 6.07) is 7.86. The van der Waals surface area contributed by atoms with E-state index in [2.05, 4.69) is 17.2 Å². The van der Waals surface area contributed by atoms with Gasteiger partial charge in [-0.3, -0.25) is 4.79 Å². The first-order valence-electron chi connectivity index (χ1n) is 7.26. The molecular weight excluding hydrogens is 282 g/mol. The van der Waals surface area contributed by atoms with E-state index in [4.69, 9.17) is 0 Å². The zero-order valence-electron chi connectivity index (χ0n) is 12.3. The van der Waals surface area contributed by atoms with E-state index in [1.807, 2.05) is 24.3 Å². The van der Waals surface area contributed by atoms with Gasteiger partial charge in [-0.1, -0.05) is 35.7 Å². The molecule has 3 nitrogen and oxygen atoms in total. The van der Waals surface area contributed by atoms with Crippen molar-refractivity contribution in [1.29, 1.82) is 0 Å². The SMILES string of the molecule is CC(=O)SCCC#Cc1ccc(C2(O)CCNCC2)cc1. The standard InChI is InChI=1S/C17H21NO2S/c1-14(19)21-13-3-2-4-15-5-7-16(8-6-15)17(20)9-11-18-12-10-17/h5-8,18,20H,3,9-13H2,1H3. The average Bonchev–Trinajstić information content (AvgIpc) is 2.48.